The van der Waals surface area contributed by atoms with Crippen LogP contribution in [0.2, 0.25) is 5.02 Å². The number of carbonyl (C=O) groups is 2. The Morgan fingerprint density at radius 3 is 2.38 bits per heavy atom. The normalized spacial score (nSPS) is 11.4. The van der Waals surface area contributed by atoms with Gasteiger partial charge in [0.25, 0.3) is 0 Å². The zero-order valence-electron chi connectivity index (χ0n) is 16.6. The summed E-state index contributed by atoms with van der Waals surface area (Å²) in [5, 5.41) is 6.57. The Morgan fingerprint density at radius 1 is 0.938 bits per heavy atom. The van der Waals surface area contributed by atoms with Crippen molar-refractivity contribution in [2.45, 2.75) is 18.0 Å². The quantitative estimate of drug-likeness (QED) is 0.262. The van der Waals surface area contributed by atoms with Crippen LogP contribution in [0.1, 0.15) is 17.1 Å². The van der Waals surface area contributed by atoms with Gasteiger partial charge in [0.1, 0.15) is 11.5 Å². The fourth-order valence-corrected chi connectivity index (χ4v) is 3.61. The fraction of sp³-hybridized carbons (Fsp3) is 0.0952. The van der Waals surface area contributed by atoms with Gasteiger partial charge >= 0.3 is 11.8 Å². The van der Waals surface area contributed by atoms with Crippen LogP contribution in [0.4, 0.5) is 0 Å². The second-order valence-electron chi connectivity index (χ2n) is 6.45. The lowest BCUT2D eigenvalue weighted by atomic mass is 10.2. The van der Waals surface area contributed by atoms with Crippen molar-refractivity contribution in [2.75, 3.05) is 0 Å². The maximum Gasteiger partial charge on any atom is 0.329 e. The highest BCUT2D eigenvalue weighted by molar-refractivity contribution is 7.89. The maximum absolute atomic E-state index is 12.3. The monoisotopic (exact) mass is 474 g/mol. The van der Waals surface area contributed by atoms with E-state index in [9.17, 15) is 18.0 Å². The lowest BCUT2D eigenvalue weighted by Gasteiger charge is -2.05. The molecule has 0 radical (unpaired) electrons. The van der Waals surface area contributed by atoms with Gasteiger partial charge in [-0.3, -0.25) is 9.59 Å². The number of benzene rings is 2. The smallest absolute Gasteiger partial charge is 0.329 e. The molecule has 1 heterocycles. The van der Waals surface area contributed by atoms with Crippen molar-refractivity contribution in [2.24, 2.45) is 5.10 Å². The molecule has 2 amide bonds. The van der Waals surface area contributed by atoms with E-state index in [4.69, 9.17) is 16.0 Å². The third-order valence-electron chi connectivity index (χ3n) is 4.10. The van der Waals surface area contributed by atoms with Crippen LogP contribution in [0.25, 0.3) is 0 Å². The van der Waals surface area contributed by atoms with Crippen molar-refractivity contribution in [3.05, 3.63) is 88.8 Å². The number of hydrogen-bond donors (Lipinski definition) is 3. The first kappa shape index (κ1) is 23.2. The van der Waals surface area contributed by atoms with Gasteiger partial charge in [-0.15, -0.1) is 0 Å². The summed E-state index contributed by atoms with van der Waals surface area (Å²) in [5.41, 5.74) is 2.95. The van der Waals surface area contributed by atoms with Crippen LogP contribution in [0.3, 0.4) is 0 Å². The third-order valence-corrected chi connectivity index (χ3v) is 5.77. The predicted octanol–water partition coefficient (Wildman–Crippen LogP) is 2.18. The average molecular weight is 475 g/mol. The van der Waals surface area contributed by atoms with Crippen LogP contribution in [0.5, 0.6) is 0 Å². The molecule has 2 aromatic carbocycles. The summed E-state index contributed by atoms with van der Waals surface area (Å²) in [6, 6.07) is 18.0. The van der Waals surface area contributed by atoms with Crippen LogP contribution in [-0.4, -0.2) is 26.4 Å². The standard InChI is InChI=1S/C21H19ClN4O5S/c22-16-6-10-19(11-7-16)32(29,30)25-14-18-9-8-17(31-18)13-24-26-21(28)20(27)23-12-15-4-2-1-3-5-15/h1-11,13,25H,12,14H2,(H,23,27)(H,26,28)/b24-13+. The number of hydrogen-bond acceptors (Lipinski definition) is 6. The van der Waals surface area contributed by atoms with Gasteiger partial charge in [0.2, 0.25) is 10.0 Å². The van der Waals surface area contributed by atoms with Crippen molar-refractivity contribution < 1.29 is 22.4 Å². The first-order valence-electron chi connectivity index (χ1n) is 9.32. The largest absolute Gasteiger partial charge is 0.459 e. The van der Waals surface area contributed by atoms with Crippen LogP contribution in [-0.2, 0) is 32.7 Å². The number of hydrazone groups is 1. The molecule has 1 aromatic heterocycles. The molecule has 3 rings (SSSR count). The van der Waals surface area contributed by atoms with E-state index in [-0.39, 0.29) is 23.7 Å². The van der Waals surface area contributed by atoms with Gasteiger partial charge in [-0.25, -0.2) is 18.6 Å². The molecule has 166 valence electrons. The Balaban J connectivity index is 1.46. The van der Waals surface area contributed by atoms with Crippen molar-refractivity contribution in [1.82, 2.24) is 15.5 Å². The van der Waals surface area contributed by atoms with Gasteiger partial charge in [0.05, 0.1) is 17.7 Å². The number of nitrogens with zero attached hydrogens (tertiary/aromatic N) is 1. The zero-order valence-corrected chi connectivity index (χ0v) is 18.2. The first-order chi connectivity index (χ1) is 15.3. The Labute approximate surface area is 189 Å². The molecule has 0 aliphatic carbocycles. The summed E-state index contributed by atoms with van der Waals surface area (Å²) in [7, 11) is -3.73. The van der Waals surface area contributed by atoms with Gasteiger partial charge in [0.15, 0.2) is 0 Å². The molecule has 0 atom stereocenters. The lowest BCUT2D eigenvalue weighted by Crippen LogP contribution is -2.37. The lowest BCUT2D eigenvalue weighted by molar-refractivity contribution is -0.139. The number of sulfonamides is 1. The topological polar surface area (TPSA) is 130 Å². The minimum atomic E-state index is -3.73. The number of rotatable bonds is 8. The number of furan rings is 1. The molecule has 32 heavy (non-hydrogen) atoms. The molecule has 0 saturated carbocycles. The Kier molecular flexibility index (Phi) is 7.77. The second-order valence-corrected chi connectivity index (χ2v) is 8.65. The molecule has 0 aliphatic heterocycles. The highest BCUT2D eigenvalue weighted by atomic mass is 35.5. The Hall–Kier alpha value is -3.47. The van der Waals surface area contributed by atoms with Crippen molar-refractivity contribution in [3.63, 3.8) is 0 Å². The van der Waals surface area contributed by atoms with E-state index in [1.165, 1.54) is 36.5 Å². The Bertz CT molecular complexity index is 1210. The minimum absolute atomic E-state index is 0.0727. The predicted molar refractivity (Wildman–Crippen MR) is 118 cm³/mol. The molecule has 11 heteroatoms. The molecule has 0 fully saturated rings. The third kappa shape index (κ3) is 6.77. The van der Waals surface area contributed by atoms with E-state index in [2.05, 4.69) is 20.6 Å². The zero-order chi connectivity index (χ0) is 23.0. The molecule has 0 bridgehead atoms. The van der Waals surface area contributed by atoms with E-state index in [1.54, 1.807) is 6.07 Å². The fourth-order valence-electron chi connectivity index (χ4n) is 2.49. The van der Waals surface area contributed by atoms with Crippen LogP contribution in [0.15, 0.2) is 81.1 Å². The van der Waals surface area contributed by atoms with Gasteiger partial charge < -0.3 is 9.73 Å². The van der Waals surface area contributed by atoms with E-state index < -0.39 is 21.8 Å². The minimum Gasteiger partial charge on any atom is -0.459 e. The van der Waals surface area contributed by atoms with Gasteiger partial charge in [-0.2, -0.15) is 5.10 Å². The van der Waals surface area contributed by atoms with Crippen molar-refractivity contribution >= 4 is 39.7 Å². The number of amides is 2. The van der Waals surface area contributed by atoms with Crippen LogP contribution in [0, 0.1) is 0 Å². The molecule has 9 nitrogen and oxygen atoms in total. The molecule has 3 aromatic rings. The van der Waals surface area contributed by atoms with Crippen LogP contribution < -0.4 is 15.5 Å². The molecule has 0 saturated heterocycles. The van der Waals surface area contributed by atoms with Gasteiger partial charge in [-0.1, -0.05) is 41.9 Å². The number of halogens is 1. The summed E-state index contributed by atoms with van der Waals surface area (Å²) < 4.78 is 32.4. The molecular formula is C21H19ClN4O5S. The number of nitrogens with one attached hydrogen (secondary N) is 3. The van der Waals surface area contributed by atoms with E-state index in [0.29, 0.717) is 10.8 Å². The molecule has 0 spiro atoms. The SMILES string of the molecule is O=C(NCc1ccccc1)C(=O)N/N=C/c1ccc(CNS(=O)(=O)c2ccc(Cl)cc2)o1. The summed E-state index contributed by atoms with van der Waals surface area (Å²) in [5.74, 6) is -1.17. The first-order valence-corrected chi connectivity index (χ1v) is 11.2. The highest BCUT2D eigenvalue weighted by Crippen LogP contribution is 2.14. The summed E-state index contributed by atoms with van der Waals surface area (Å²) >= 11 is 5.77. The summed E-state index contributed by atoms with van der Waals surface area (Å²) in [4.78, 5) is 23.6. The van der Waals surface area contributed by atoms with Gasteiger partial charge in [-0.05, 0) is 42.0 Å². The summed E-state index contributed by atoms with van der Waals surface area (Å²) in [6.07, 6.45) is 1.19. The molecular weight excluding hydrogens is 456 g/mol. The molecule has 0 aliphatic rings. The van der Waals surface area contributed by atoms with Crippen molar-refractivity contribution in [3.8, 4) is 0 Å². The Morgan fingerprint density at radius 2 is 1.66 bits per heavy atom. The van der Waals surface area contributed by atoms with E-state index >= 15 is 0 Å². The van der Waals surface area contributed by atoms with Crippen molar-refractivity contribution in [1.29, 1.82) is 0 Å². The maximum atomic E-state index is 12.3. The van der Waals surface area contributed by atoms with Gasteiger partial charge in [0, 0.05) is 11.6 Å². The molecule has 0 unspecified atom stereocenters. The second kappa shape index (κ2) is 10.7. The molecule has 3 N–H and O–H groups in total. The summed E-state index contributed by atoms with van der Waals surface area (Å²) in [6.45, 7) is 0.122. The van der Waals surface area contributed by atoms with Crippen LogP contribution >= 0.6 is 11.6 Å². The number of carbonyl (C=O) groups excluding carboxylic acids is 2. The van der Waals surface area contributed by atoms with E-state index in [0.717, 1.165) is 5.56 Å². The average Bonchev–Trinajstić information content (AvgIpc) is 3.25. The van der Waals surface area contributed by atoms with E-state index in [1.807, 2.05) is 30.3 Å². The highest BCUT2D eigenvalue weighted by Gasteiger charge is 2.15.